The van der Waals surface area contributed by atoms with E-state index in [1.807, 2.05) is 0 Å². The summed E-state index contributed by atoms with van der Waals surface area (Å²) in [4.78, 5) is 25.6. The Hall–Kier alpha value is -2.51. The smallest absolute Gasteiger partial charge is 0.355 e. The zero-order chi connectivity index (χ0) is 14.3. The number of aromatic nitrogens is 5. The molecule has 0 unspecified atom stereocenters. The first-order chi connectivity index (χ1) is 9.58. The van der Waals surface area contributed by atoms with Gasteiger partial charge in [0.15, 0.2) is 5.69 Å². The highest BCUT2D eigenvalue weighted by molar-refractivity contribution is 5.88. The Kier molecular flexibility index (Phi) is 2.85. The molecule has 0 amide bonds. The minimum Gasteiger partial charge on any atom is -0.476 e. The molecule has 104 valence electrons. The molecule has 0 spiro atoms. The summed E-state index contributed by atoms with van der Waals surface area (Å²) in [7, 11) is 0. The van der Waals surface area contributed by atoms with Crippen LogP contribution in [0.15, 0.2) is 4.79 Å². The van der Waals surface area contributed by atoms with Gasteiger partial charge in [-0.3, -0.25) is 9.78 Å². The number of H-pyrrole nitrogens is 1. The van der Waals surface area contributed by atoms with E-state index >= 15 is 0 Å². The summed E-state index contributed by atoms with van der Waals surface area (Å²) in [5.74, 6) is -1.05. The summed E-state index contributed by atoms with van der Waals surface area (Å²) in [6.45, 7) is 1.53. The molecule has 0 radical (unpaired) electrons. The standard InChI is InChI=1S/C12H13N5O3/c1-6-10(18)13-12(15-14-6)17-9(11(19)20)7-4-2-3-5-8(7)16-17/h2-5H2,1H3,(H,19,20)(H,13,15,18). The predicted molar refractivity (Wildman–Crippen MR) is 68.1 cm³/mol. The fourth-order valence-electron chi connectivity index (χ4n) is 2.41. The summed E-state index contributed by atoms with van der Waals surface area (Å²) < 4.78 is 1.17. The lowest BCUT2D eigenvalue weighted by Crippen LogP contribution is -2.20. The molecular formula is C12H13N5O3. The van der Waals surface area contributed by atoms with Crippen molar-refractivity contribution >= 4 is 5.97 Å². The fourth-order valence-corrected chi connectivity index (χ4v) is 2.41. The molecule has 0 saturated carbocycles. The van der Waals surface area contributed by atoms with E-state index in [1.165, 1.54) is 11.6 Å². The molecule has 8 heteroatoms. The molecule has 2 heterocycles. The number of aryl methyl sites for hydroxylation is 2. The Morgan fingerprint density at radius 1 is 1.30 bits per heavy atom. The molecule has 8 nitrogen and oxygen atoms in total. The summed E-state index contributed by atoms with van der Waals surface area (Å²) in [5, 5.41) is 21.2. The van der Waals surface area contributed by atoms with E-state index in [9.17, 15) is 14.7 Å². The molecule has 20 heavy (non-hydrogen) atoms. The molecule has 1 aliphatic rings. The largest absolute Gasteiger partial charge is 0.476 e. The molecule has 0 bridgehead atoms. The second kappa shape index (κ2) is 4.55. The molecule has 0 atom stereocenters. The SMILES string of the molecule is Cc1nnc(-n2nc3c(c2C(=O)O)CCCC3)[nH]c1=O. The average Bonchev–Trinajstić information content (AvgIpc) is 2.81. The topological polar surface area (TPSA) is 114 Å². The maximum atomic E-state index is 11.6. The third kappa shape index (κ3) is 1.89. The maximum absolute atomic E-state index is 11.6. The first kappa shape index (κ1) is 12.5. The minimum atomic E-state index is -1.08. The number of fused-ring (bicyclic) bond motifs is 1. The van der Waals surface area contributed by atoms with E-state index < -0.39 is 11.5 Å². The molecule has 0 aromatic carbocycles. The number of rotatable bonds is 2. The third-order valence-electron chi connectivity index (χ3n) is 3.41. The van der Waals surface area contributed by atoms with Crippen molar-refractivity contribution in [2.45, 2.75) is 32.6 Å². The first-order valence-corrected chi connectivity index (χ1v) is 6.36. The van der Waals surface area contributed by atoms with Gasteiger partial charge in [-0.05, 0) is 32.6 Å². The van der Waals surface area contributed by atoms with Gasteiger partial charge in [0.25, 0.3) is 11.5 Å². The summed E-state index contributed by atoms with van der Waals surface area (Å²) in [5.41, 5.74) is 1.37. The van der Waals surface area contributed by atoms with Crippen molar-refractivity contribution in [1.82, 2.24) is 25.0 Å². The van der Waals surface area contributed by atoms with E-state index in [1.54, 1.807) is 0 Å². The number of aromatic carboxylic acids is 1. The summed E-state index contributed by atoms with van der Waals surface area (Å²) >= 11 is 0. The van der Waals surface area contributed by atoms with Crippen LogP contribution in [0.25, 0.3) is 5.95 Å². The highest BCUT2D eigenvalue weighted by Crippen LogP contribution is 2.25. The molecule has 2 N–H and O–H groups in total. The highest BCUT2D eigenvalue weighted by atomic mass is 16.4. The van der Waals surface area contributed by atoms with Crippen molar-refractivity contribution in [3.63, 3.8) is 0 Å². The summed E-state index contributed by atoms with van der Waals surface area (Å²) in [6, 6.07) is 0. The van der Waals surface area contributed by atoms with Crippen LogP contribution in [0, 0.1) is 6.92 Å². The van der Waals surface area contributed by atoms with E-state index in [0.717, 1.165) is 30.5 Å². The predicted octanol–water partition coefficient (Wildman–Crippen LogP) is 0.236. The normalized spacial score (nSPS) is 14.1. The number of hydrogen-bond acceptors (Lipinski definition) is 5. The van der Waals surface area contributed by atoms with Crippen LogP contribution < -0.4 is 5.56 Å². The van der Waals surface area contributed by atoms with Crippen molar-refractivity contribution in [2.75, 3.05) is 0 Å². The number of aromatic amines is 1. The van der Waals surface area contributed by atoms with Gasteiger partial charge in [-0.1, -0.05) is 0 Å². The number of carboxylic acids is 1. The van der Waals surface area contributed by atoms with Crippen LogP contribution in [0.1, 0.15) is 40.3 Å². The second-order valence-corrected chi connectivity index (χ2v) is 4.76. The second-order valence-electron chi connectivity index (χ2n) is 4.76. The molecule has 0 fully saturated rings. The van der Waals surface area contributed by atoms with Gasteiger partial charge in [-0.2, -0.15) is 9.78 Å². The average molecular weight is 275 g/mol. The number of carbonyl (C=O) groups is 1. The Labute approximate surface area is 113 Å². The monoisotopic (exact) mass is 275 g/mol. The van der Waals surface area contributed by atoms with E-state index in [2.05, 4.69) is 20.3 Å². The lowest BCUT2D eigenvalue weighted by molar-refractivity contribution is 0.0685. The minimum absolute atomic E-state index is 0.0346. The number of nitrogens with one attached hydrogen (secondary N) is 1. The molecule has 3 rings (SSSR count). The zero-order valence-corrected chi connectivity index (χ0v) is 10.9. The van der Waals surface area contributed by atoms with Crippen molar-refractivity contribution < 1.29 is 9.90 Å². The van der Waals surface area contributed by atoms with E-state index in [-0.39, 0.29) is 17.3 Å². The van der Waals surface area contributed by atoms with Gasteiger partial charge in [0.2, 0.25) is 0 Å². The van der Waals surface area contributed by atoms with E-state index in [4.69, 9.17) is 0 Å². The number of hydrogen-bond donors (Lipinski definition) is 2. The molecular weight excluding hydrogens is 262 g/mol. The van der Waals surface area contributed by atoms with Crippen LogP contribution in [0.4, 0.5) is 0 Å². The number of nitrogens with zero attached hydrogens (tertiary/aromatic N) is 4. The molecule has 2 aromatic rings. The van der Waals surface area contributed by atoms with Gasteiger partial charge in [-0.15, -0.1) is 10.2 Å². The van der Waals surface area contributed by atoms with Crippen LogP contribution in [0.5, 0.6) is 0 Å². The maximum Gasteiger partial charge on any atom is 0.355 e. The van der Waals surface area contributed by atoms with Crippen LogP contribution in [-0.4, -0.2) is 36.0 Å². The lowest BCUT2D eigenvalue weighted by Gasteiger charge is -2.08. The van der Waals surface area contributed by atoms with Crippen LogP contribution in [-0.2, 0) is 12.8 Å². The molecule has 0 saturated heterocycles. The van der Waals surface area contributed by atoms with Crippen molar-refractivity contribution in [1.29, 1.82) is 0 Å². The van der Waals surface area contributed by atoms with Crippen molar-refractivity contribution in [2.24, 2.45) is 0 Å². The molecule has 0 aliphatic heterocycles. The Morgan fingerprint density at radius 3 is 2.75 bits per heavy atom. The third-order valence-corrected chi connectivity index (χ3v) is 3.41. The highest BCUT2D eigenvalue weighted by Gasteiger charge is 2.26. The van der Waals surface area contributed by atoms with Gasteiger partial charge >= 0.3 is 5.97 Å². The van der Waals surface area contributed by atoms with Gasteiger partial charge in [0.05, 0.1) is 5.69 Å². The quantitative estimate of drug-likeness (QED) is 0.811. The number of carboxylic acid groups (broad SMARTS) is 1. The van der Waals surface area contributed by atoms with Crippen molar-refractivity contribution in [3.05, 3.63) is 33.0 Å². The summed E-state index contributed by atoms with van der Waals surface area (Å²) in [6.07, 6.45) is 3.35. The fraction of sp³-hybridized carbons (Fsp3) is 0.417. The Balaban J connectivity index is 2.22. The Bertz CT molecular complexity index is 746. The van der Waals surface area contributed by atoms with Gasteiger partial charge in [0, 0.05) is 5.56 Å². The van der Waals surface area contributed by atoms with Crippen molar-refractivity contribution in [3.8, 4) is 5.95 Å². The van der Waals surface area contributed by atoms with Gasteiger partial charge < -0.3 is 5.11 Å². The van der Waals surface area contributed by atoms with Gasteiger partial charge in [-0.25, -0.2) is 4.79 Å². The zero-order valence-electron chi connectivity index (χ0n) is 10.9. The van der Waals surface area contributed by atoms with Gasteiger partial charge in [0.1, 0.15) is 5.69 Å². The first-order valence-electron chi connectivity index (χ1n) is 6.36. The lowest BCUT2D eigenvalue weighted by atomic mass is 9.96. The molecule has 2 aromatic heterocycles. The molecule has 1 aliphatic carbocycles. The van der Waals surface area contributed by atoms with Crippen LogP contribution in [0.2, 0.25) is 0 Å². The van der Waals surface area contributed by atoms with Crippen LogP contribution >= 0.6 is 0 Å². The van der Waals surface area contributed by atoms with E-state index in [0.29, 0.717) is 6.42 Å². The van der Waals surface area contributed by atoms with Crippen LogP contribution in [0.3, 0.4) is 0 Å². The Morgan fingerprint density at radius 2 is 2.05 bits per heavy atom.